The Bertz CT molecular complexity index is 2040. The number of allylic oxidation sites excluding steroid dienone is 1. The Morgan fingerprint density at radius 2 is 1.98 bits per heavy atom. The number of oxime groups is 1. The van der Waals surface area contributed by atoms with Crippen LogP contribution < -0.4 is 15.6 Å². The minimum Gasteiger partial charge on any atom is -0.503 e. The van der Waals surface area contributed by atoms with Crippen LogP contribution in [0.1, 0.15) is 11.3 Å². The number of rotatable bonds is 9. The summed E-state index contributed by atoms with van der Waals surface area (Å²) < 4.78 is 1.86. The van der Waals surface area contributed by atoms with E-state index in [2.05, 4.69) is 15.5 Å². The number of nitrogen functional groups attached to an aromatic ring is 1. The number of nitrogens with one attached hydrogen (secondary N) is 1. The van der Waals surface area contributed by atoms with Crippen LogP contribution in [0.2, 0.25) is 10.0 Å². The first-order valence-corrected chi connectivity index (χ1v) is 16.3. The van der Waals surface area contributed by atoms with Gasteiger partial charge in [-0.25, -0.2) is 9.78 Å². The Morgan fingerprint density at radius 1 is 1.21 bits per heavy atom. The summed E-state index contributed by atoms with van der Waals surface area (Å²) in [7, 11) is 0. The number of nitrogens with zero attached hydrogens (tertiary/aromatic N) is 4. The van der Waals surface area contributed by atoms with Gasteiger partial charge < -0.3 is 31.2 Å². The van der Waals surface area contributed by atoms with Gasteiger partial charge in [-0.3, -0.25) is 14.5 Å². The van der Waals surface area contributed by atoms with Crippen molar-refractivity contribution in [2.75, 3.05) is 11.5 Å². The fraction of sp³-hybridized carbons (Fsp3) is 0.133. The Balaban J connectivity index is 1.21. The molecule has 1 fully saturated rings. The second-order valence-corrected chi connectivity index (χ2v) is 12.9. The Kier molecular flexibility index (Phi) is 8.96. The van der Waals surface area contributed by atoms with E-state index in [1.807, 2.05) is 47.2 Å². The van der Waals surface area contributed by atoms with Crippen LogP contribution in [0.3, 0.4) is 0 Å². The van der Waals surface area contributed by atoms with Crippen molar-refractivity contribution >= 4 is 92.0 Å². The lowest BCUT2D eigenvalue weighted by molar-refractivity contribution is -0.538. The van der Waals surface area contributed by atoms with E-state index >= 15 is 0 Å². The molecule has 2 aromatic heterocycles. The molecule has 0 radical (unpaired) electrons. The highest BCUT2D eigenvalue weighted by molar-refractivity contribution is 8.00. The molecule has 4 aromatic rings. The minimum absolute atomic E-state index is 0.0621. The fourth-order valence-corrected chi connectivity index (χ4v) is 7.28. The molecule has 17 heteroatoms. The zero-order chi connectivity index (χ0) is 33.4. The normalized spacial score (nSPS) is 18.0. The van der Waals surface area contributed by atoms with Crippen LogP contribution in [-0.2, 0) is 25.8 Å². The molecule has 2 aliphatic rings. The molecule has 1 saturated heterocycles. The molecule has 0 spiro atoms. The Morgan fingerprint density at radius 3 is 2.72 bits per heavy atom. The third-order valence-electron chi connectivity index (χ3n) is 7.26. The third kappa shape index (κ3) is 6.17. The molecule has 13 nitrogen and oxygen atoms in total. The number of nitrogens with two attached hydrogens (primary N) is 1. The number of fused-ring (bicyclic) bond motifs is 2. The fourth-order valence-electron chi connectivity index (χ4n) is 4.99. The number of thioether (sulfide) groups is 1. The van der Waals surface area contributed by atoms with Crippen LogP contribution >= 0.6 is 46.3 Å². The number of carbonyl (C=O) groups excluding carboxylic acids is 2. The number of thiazole rings is 1. The van der Waals surface area contributed by atoms with Crippen LogP contribution in [-0.4, -0.2) is 65.9 Å². The van der Waals surface area contributed by atoms with Crippen molar-refractivity contribution in [2.45, 2.75) is 18.0 Å². The second-order valence-electron chi connectivity index (χ2n) is 10.1. The van der Waals surface area contributed by atoms with Gasteiger partial charge in [0, 0.05) is 40.3 Å². The minimum atomic E-state index is -1.27. The van der Waals surface area contributed by atoms with Crippen molar-refractivity contribution < 1.29 is 39.1 Å². The van der Waals surface area contributed by atoms with Gasteiger partial charge in [0.1, 0.15) is 29.4 Å². The van der Waals surface area contributed by atoms with Gasteiger partial charge in [0.05, 0.1) is 10.0 Å². The number of para-hydroxylation sites is 1. The molecule has 0 bridgehead atoms. The molecule has 2 atom stereocenters. The van der Waals surface area contributed by atoms with Gasteiger partial charge in [-0.15, -0.1) is 23.1 Å². The number of carboxylic acid groups (broad SMARTS) is 1. The number of amides is 2. The molecular weight excluding hydrogens is 691 g/mol. The van der Waals surface area contributed by atoms with Gasteiger partial charge in [0.2, 0.25) is 5.52 Å². The molecule has 2 aliphatic heterocycles. The topological polar surface area (TPSA) is 192 Å². The Hall–Kier alpha value is -4.83. The number of aromatic hydroxyl groups is 2. The van der Waals surface area contributed by atoms with Crippen molar-refractivity contribution in [3.8, 4) is 11.5 Å². The molecule has 2 amide bonds. The average molecular weight is 715 g/mol. The van der Waals surface area contributed by atoms with Crippen molar-refractivity contribution in [3.05, 3.63) is 92.7 Å². The quantitative estimate of drug-likeness (QED) is 0.0562. The molecule has 6 rings (SSSR count). The van der Waals surface area contributed by atoms with E-state index in [4.69, 9.17) is 33.8 Å². The van der Waals surface area contributed by atoms with Crippen LogP contribution in [0, 0.1) is 0 Å². The number of aromatic nitrogens is 2. The summed E-state index contributed by atoms with van der Waals surface area (Å²) in [5, 5.41) is 37.8. The number of phenolic OH excluding ortho intramolecular Hbond substituents is 2. The first-order chi connectivity index (χ1) is 22.5. The number of halogens is 2. The number of anilines is 1. The number of aliphatic carboxylic acids is 1. The van der Waals surface area contributed by atoms with Crippen molar-refractivity contribution in [2.24, 2.45) is 5.16 Å². The highest BCUT2D eigenvalue weighted by Crippen LogP contribution is 2.42. The molecule has 0 unspecified atom stereocenters. The van der Waals surface area contributed by atoms with Gasteiger partial charge in [-0.2, -0.15) is 4.57 Å². The van der Waals surface area contributed by atoms with Gasteiger partial charge in [-0.1, -0.05) is 40.5 Å². The lowest BCUT2D eigenvalue weighted by Crippen LogP contribution is -2.71. The number of hydrogen-bond donors (Lipinski definition) is 5. The predicted molar refractivity (Wildman–Crippen MR) is 177 cm³/mol. The van der Waals surface area contributed by atoms with Crippen molar-refractivity contribution in [1.29, 1.82) is 0 Å². The highest BCUT2D eigenvalue weighted by Gasteiger charge is 2.54. The van der Waals surface area contributed by atoms with Gasteiger partial charge in [-0.05, 0) is 23.8 Å². The number of carboxylic acids is 1. The summed E-state index contributed by atoms with van der Waals surface area (Å²) in [6.45, 7) is -0.364. The van der Waals surface area contributed by atoms with E-state index in [1.165, 1.54) is 23.2 Å². The summed E-state index contributed by atoms with van der Waals surface area (Å²) in [5.41, 5.74) is 6.85. The number of phenols is 2. The average Bonchev–Trinajstić information content (AvgIpc) is 3.50. The van der Waals surface area contributed by atoms with Crippen molar-refractivity contribution in [3.63, 3.8) is 0 Å². The standard InChI is InChI=1S/C30H22Cl2N6O7S2/c31-17-10-16(20(32)25(40)24(17)39)11-45-36-21(18-13-47-30(33)34-18)26(41)35-22-27(42)38-23(29(43)44)15(12-46-28(22)38)7-9-37-8-3-5-14-4-1-2-6-19(14)37/h1-10,13,22,28H,11-12H2,(H5-,33,34,35,36,39,40,41,43,44)/p+1/b9-7+/t22-,28-/m1/s1. The molecule has 0 aliphatic carbocycles. The summed E-state index contributed by atoms with van der Waals surface area (Å²) in [5.74, 6) is -3.70. The van der Waals surface area contributed by atoms with Gasteiger partial charge >= 0.3 is 5.97 Å². The first kappa shape index (κ1) is 32.1. The lowest BCUT2D eigenvalue weighted by atomic mass is 10.0. The third-order valence-corrected chi connectivity index (χ3v) is 9.94. The molecule has 0 saturated carbocycles. The van der Waals surface area contributed by atoms with E-state index in [1.54, 1.807) is 12.3 Å². The number of benzene rings is 2. The summed E-state index contributed by atoms with van der Waals surface area (Å²) in [6.07, 6.45) is 5.25. The molecule has 47 heavy (non-hydrogen) atoms. The number of carbonyl (C=O) groups is 3. The predicted octanol–water partition coefficient (Wildman–Crippen LogP) is 3.71. The van der Waals surface area contributed by atoms with E-state index in [-0.39, 0.29) is 50.2 Å². The SMILES string of the molecule is Nc1nc(/C(=N/OCc2cc(Cl)c(O)c(O)c2Cl)C(=O)N[C@@H]2C(=O)N3C(C(=O)O)=C(/C=C/[n+]4cccc5ccccc54)CS[C@H]23)cs1. The highest BCUT2D eigenvalue weighted by atomic mass is 35.5. The summed E-state index contributed by atoms with van der Waals surface area (Å²) in [4.78, 5) is 49.7. The number of hydrogen-bond acceptors (Lipinski definition) is 11. The summed E-state index contributed by atoms with van der Waals surface area (Å²) in [6, 6.07) is 11.8. The maximum atomic E-state index is 13.4. The van der Waals surface area contributed by atoms with E-state index < -0.39 is 40.7 Å². The summed E-state index contributed by atoms with van der Waals surface area (Å²) >= 11 is 14.3. The van der Waals surface area contributed by atoms with Crippen LogP contribution in [0.4, 0.5) is 5.13 Å². The number of pyridine rings is 1. The van der Waals surface area contributed by atoms with Crippen LogP contribution in [0.25, 0.3) is 17.1 Å². The van der Waals surface area contributed by atoms with Crippen molar-refractivity contribution in [1.82, 2.24) is 15.2 Å². The largest absolute Gasteiger partial charge is 0.503 e. The molecule has 2 aromatic carbocycles. The van der Waals surface area contributed by atoms with Gasteiger partial charge in [0.25, 0.3) is 11.8 Å². The monoisotopic (exact) mass is 713 g/mol. The molecule has 240 valence electrons. The molecule has 4 heterocycles. The first-order valence-electron chi connectivity index (χ1n) is 13.6. The zero-order valence-electron chi connectivity index (χ0n) is 23.8. The Labute approximate surface area is 284 Å². The maximum absolute atomic E-state index is 13.4. The smallest absolute Gasteiger partial charge is 0.352 e. The van der Waals surface area contributed by atoms with Crippen LogP contribution in [0.5, 0.6) is 11.5 Å². The van der Waals surface area contributed by atoms with E-state index in [0.29, 0.717) is 5.57 Å². The van der Waals surface area contributed by atoms with E-state index in [0.717, 1.165) is 27.1 Å². The number of β-lactam (4-membered cyclic amide) rings is 1. The van der Waals surface area contributed by atoms with Crippen LogP contribution in [0.15, 0.2) is 76.5 Å². The van der Waals surface area contributed by atoms with Gasteiger partial charge in [0.15, 0.2) is 34.7 Å². The lowest BCUT2D eigenvalue weighted by Gasteiger charge is -2.49. The maximum Gasteiger partial charge on any atom is 0.352 e. The zero-order valence-corrected chi connectivity index (χ0v) is 27.0. The van der Waals surface area contributed by atoms with E-state index in [9.17, 15) is 29.7 Å². The second kappa shape index (κ2) is 13.1. The molecule has 6 N–H and O–H groups in total. The molecular formula is C30H23Cl2N6O7S2+.